The number of nitrogens with one attached hydrogen (secondary N) is 1. The van der Waals surface area contributed by atoms with Crippen LogP contribution >= 0.6 is 11.6 Å². The van der Waals surface area contributed by atoms with Crippen LogP contribution < -0.4 is 4.74 Å². The summed E-state index contributed by atoms with van der Waals surface area (Å²) in [6, 6.07) is 10.0. The molecule has 0 atom stereocenters. The van der Waals surface area contributed by atoms with Gasteiger partial charge in [0.2, 0.25) is 0 Å². The second-order valence-corrected chi connectivity index (χ2v) is 5.10. The Balaban J connectivity index is 2.38. The predicted molar refractivity (Wildman–Crippen MR) is 82.2 cm³/mol. The van der Waals surface area contributed by atoms with Gasteiger partial charge < -0.3 is 14.8 Å². The number of carbonyl (C=O) groups is 1. The van der Waals surface area contributed by atoms with Crippen LogP contribution in [0.25, 0.3) is 22.0 Å². The van der Waals surface area contributed by atoms with Gasteiger partial charge in [0.25, 0.3) is 0 Å². The number of para-hydroxylation sites is 1. The van der Waals surface area contributed by atoms with Gasteiger partial charge in [0, 0.05) is 10.9 Å². The minimum atomic E-state index is -1.17. The summed E-state index contributed by atoms with van der Waals surface area (Å²) < 4.78 is 19.5. The number of H-pyrrole nitrogens is 1. The van der Waals surface area contributed by atoms with E-state index in [1.165, 1.54) is 19.2 Å². The Kier molecular flexibility index (Phi) is 3.50. The molecule has 0 saturated carbocycles. The topological polar surface area (TPSA) is 62.3 Å². The number of hydrogen-bond acceptors (Lipinski definition) is 2. The molecule has 6 heteroatoms. The summed E-state index contributed by atoms with van der Waals surface area (Å²) in [6.07, 6.45) is 0. The molecule has 0 bridgehead atoms. The molecule has 22 heavy (non-hydrogen) atoms. The summed E-state index contributed by atoms with van der Waals surface area (Å²) in [5.74, 6) is -1.26. The normalized spacial score (nSPS) is 10.9. The number of benzene rings is 2. The lowest BCUT2D eigenvalue weighted by molar-refractivity contribution is 0.0691. The molecule has 1 aromatic heterocycles. The zero-order chi connectivity index (χ0) is 15.9. The molecule has 0 radical (unpaired) electrons. The number of carboxylic acids is 1. The molecular formula is C16H11ClFNO3. The molecule has 2 N–H and O–H groups in total. The molecule has 0 aliphatic rings. The second kappa shape index (κ2) is 5.35. The van der Waals surface area contributed by atoms with Crippen LogP contribution in [0.1, 0.15) is 10.5 Å². The van der Waals surface area contributed by atoms with Gasteiger partial charge >= 0.3 is 5.97 Å². The van der Waals surface area contributed by atoms with Crippen molar-refractivity contribution in [1.82, 2.24) is 4.98 Å². The van der Waals surface area contributed by atoms with Gasteiger partial charge in [-0.05, 0) is 23.8 Å². The van der Waals surface area contributed by atoms with Crippen LogP contribution in [0.15, 0.2) is 36.4 Å². The minimum absolute atomic E-state index is 0.0609. The summed E-state index contributed by atoms with van der Waals surface area (Å²) in [7, 11) is 1.53. The number of halogens is 2. The van der Waals surface area contributed by atoms with E-state index in [-0.39, 0.29) is 16.2 Å². The number of fused-ring (bicyclic) bond motifs is 1. The molecule has 3 aromatic rings. The number of ether oxygens (including phenoxy) is 1. The van der Waals surface area contributed by atoms with Crippen LogP contribution in [0.5, 0.6) is 5.75 Å². The first-order valence-corrected chi connectivity index (χ1v) is 6.78. The zero-order valence-electron chi connectivity index (χ0n) is 11.5. The number of aromatic amines is 1. The van der Waals surface area contributed by atoms with E-state index in [1.54, 1.807) is 12.1 Å². The van der Waals surface area contributed by atoms with Crippen molar-refractivity contribution in [3.05, 3.63) is 52.9 Å². The van der Waals surface area contributed by atoms with Crippen LogP contribution in [-0.4, -0.2) is 23.2 Å². The van der Waals surface area contributed by atoms with E-state index in [1.807, 2.05) is 12.1 Å². The lowest BCUT2D eigenvalue weighted by Crippen LogP contribution is -1.95. The maximum atomic E-state index is 14.2. The fourth-order valence-electron chi connectivity index (χ4n) is 2.43. The third-order valence-electron chi connectivity index (χ3n) is 3.44. The smallest absolute Gasteiger partial charge is 0.352 e. The maximum absolute atomic E-state index is 14.2. The zero-order valence-corrected chi connectivity index (χ0v) is 12.2. The summed E-state index contributed by atoms with van der Waals surface area (Å²) in [4.78, 5) is 13.7. The van der Waals surface area contributed by atoms with Crippen molar-refractivity contribution in [2.24, 2.45) is 0 Å². The van der Waals surface area contributed by atoms with Crippen LogP contribution in [0, 0.1) is 5.82 Å². The number of rotatable bonds is 3. The molecule has 4 nitrogen and oxygen atoms in total. The average Bonchev–Trinajstić information content (AvgIpc) is 2.96. The molecular weight excluding hydrogens is 309 g/mol. The molecule has 0 saturated heterocycles. The minimum Gasteiger partial charge on any atom is -0.496 e. The van der Waals surface area contributed by atoms with Gasteiger partial charge in [-0.25, -0.2) is 9.18 Å². The Labute approximate surface area is 130 Å². The molecule has 2 aromatic carbocycles. The molecule has 0 aliphatic carbocycles. The molecule has 0 unspecified atom stereocenters. The monoisotopic (exact) mass is 319 g/mol. The van der Waals surface area contributed by atoms with E-state index in [2.05, 4.69) is 4.98 Å². The van der Waals surface area contributed by atoms with Crippen LogP contribution in [0.4, 0.5) is 4.39 Å². The number of aromatic nitrogens is 1. The highest BCUT2D eigenvalue weighted by Gasteiger charge is 2.19. The van der Waals surface area contributed by atoms with Gasteiger partial charge in [-0.2, -0.15) is 0 Å². The van der Waals surface area contributed by atoms with E-state index >= 15 is 0 Å². The van der Waals surface area contributed by atoms with Crippen molar-refractivity contribution in [1.29, 1.82) is 0 Å². The Hall–Kier alpha value is -2.53. The number of methoxy groups -OCH3 is 1. The fraction of sp³-hybridized carbons (Fsp3) is 0.0625. The van der Waals surface area contributed by atoms with Gasteiger partial charge in [0.1, 0.15) is 11.4 Å². The molecule has 0 amide bonds. The van der Waals surface area contributed by atoms with Crippen molar-refractivity contribution in [2.75, 3.05) is 7.11 Å². The highest BCUT2D eigenvalue weighted by molar-refractivity contribution is 6.32. The lowest BCUT2D eigenvalue weighted by Gasteiger charge is -2.10. The molecule has 0 fully saturated rings. The largest absolute Gasteiger partial charge is 0.496 e. The van der Waals surface area contributed by atoms with Gasteiger partial charge in [0.15, 0.2) is 5.82 Å². The van der Waals surface area contributed by atoms with E-state index in [9.17, 15) is 9.18 Å². The quantitative estimate of drug-likeness (QED) is 0.755. The average molecular weight is 320 g/mol. The summed E-state index contributed by atoms with van der Waals surface area (Å²) in [5.41, 5.74) is 1.26. The lowest BCUT2D eigenvalue weighted by atomic mass is 10.0. The molecule has 112 valence electrons. The SMILES string of the molecule is COc1ccccc1-c1cc(Cl)c(F)c2[nH]c(C(=O)O)cc12. The molecule has 0 spiro atoms. The van der Waals surface area contributed by atoms with E-state index in [0.29, 0.717) is 22.3 Å². The Morgan fingerprint density at radius 1 is 1.27 bits per heavy atom. The van der Waals surface area contributed by atoms with Crippen molar-refractivity contribution in [3.8, 4) is 16.9 Å². The molecule has 3 rings (SSSR count). The van der Waals surface area contributed by atoms with Crippen molar-refractivity contribution < 1.29 is 19.0 Å². The summed E-state index contributed by atoms with van der Waals surface area (Å²) >= 11 is 5.94. The number of aromatic carboxylic acids is 1. The van der Waals surface area contributed by atoms with E-state index in [0.717, 1.165) is 0 Å². The Bertz CT molecular complexity index is 888. The Morgan fingerprint density at radius 3 is 2.68 bits per heavy atom. The molecule has 0 aliphatic heterocycles. The first-order valence-electron chi connectivity index (χ1n) is 6.40. The van der Waals surface area contributed by atoms with Crippen LogP contribution in [0.3, 0.4) is 0 Å². The van der Waals surface area contributed by atoms with Crippen LogP contribution in [0.2, 0.25) is 5.02 Å². The van der Waals surface area contributed by atoms with Gasteiger partial charge in [0.05, 0.1) is 17.6 Å². The van der Waals surface area contributed by atoms with Crippen LogP contribution in [-0.2, 0) is 0 Å². The Morgan fingerprint density at radius 2 is 2.00 bits per heavy atom. The first-order chi connectivity index (χ1) is 10.5. The third-order valence-corrected chi connectivity index (χ3v) is 3.71. The number of hydrogen-bond donors (Lipinski definition) is 2. The third kappa shape index (κ3) is 2.19. The highest BCUT2D eigenvalue weighted by atomic mass is 35.5. The second-order valence-electron chi connectivity index (χ2n) is 4.70. The first kappa shape index (κ1) is 14.4. The molecule has 1 heterocycles. The van der Waals surface area contributed by atoms with Crippen molar-refractivity contribution in [2.45, 2.75) is 0 Å². The highest BCUT2D eigenvalue weighted by Crippen LogP contribution is 2.38. The van der Waals surface area contributed by atoms with E-state index < -0.39 is 11.8 Å². The van der Waals surface area contributed by atoms with Gasteiger partial charge in [-0.3, -0.25) is 0 Å². The van der Waals surface area contributed by atoms with E-state index in [4.69, 9.17) is 21.4 Å². The van der Waals surface area contributed by atoms with Gasteiger partial charge in [-0.15, -0.1) is 0 Å². The predicted octanol–water partition coefficient (Wildman–Crippen LogP) is 4.33. The maximum Gasteiger partial charge on any atom is 0.352 e. The van der Waals surface area contributed by atoms with Crippen molar-refractivity contribution >= 4 is 28.5 Å². The summed E-state index contributed by atoms with van der Waals surface area (Å²) in [6.45, 7) is 0. The van der Waals surface area contributed by atoms with Gasteiger partial charge in [-0.1, -0.05) is 29.8 Å². The fourth-order valence-corrected chi connectivity index (χ4v) is 2.64. The summed E-state index contributed by atoms with van der Waals surface area (Å²) in [5, 5.41) is 9.44. The van der Waals surface area contributed by atoms with Crippen molar-refractivity contribution in [3.63, 3.8) is 0 Å². The number of carboxylic acid groups (broad SMARTS) is 1. The standard InChI is InChI=1S/C16H11ClFNO3/c1-22-13-5-3-2-4-8(13)9-6-11(17)14(18)15-10(9)7-12(19-15)16(20)21/h2-7,19H,1H3,(H,20,21).